The van der Waals surface area contributed by atoms with Crippen molar-refractivity contribution in [3.05, 3.63) is 72.3 Å². The topological polar surface area (TPSA) is 64.9 Å². The van der Waals surface area contributed by atoms with Crippen molar-refractivity contribution in [2.75, 3.05) is 5.32 Å². The number of alkyl halides is 3. The number of fused-ring (bicyclic) bond motifs is 1. The van der Waals surface area contributed by atoms with Crippen LogP contribution in [0.2, 0.25) is 0 Å². The fraction of sp³-hybridized carbons (Fsp3) is 0.160. The third kappa shape index (κ3) is 4.84. The molecule has 37 heavy (non-hydrogen) atoms. The SMILES string of the molecule is Fc1ccc(-c2nc3cc(Nc4nnc(-c5cccc(OC(F)(F)F)c5)s4)c(F)cc3n2C2CC2)cc1. The van der Waals surface area contributed by atoms with E-state index in [-0.39, 0.29) is 28.4 Å². The van der Waals surface area contributed by atoms with Gasteiger partial charge in [-0.25, -0.2) is 13.8 Å². The van der Waals surface area contributed by atoms with Gasteiger partial charge in [0.05, 0.1) is 16.7 Å². The summed E-state index contributed by atoms with van der Waals surface area (Å²) in [5.74, 6) is -0.633. The minimum atomic E-state index is -4.81. The fourth-order valence-corrected chi connectivity index (χ4v) is 4.80. The highest BCUT2D eigenvalue weighted by molar-refractivity contribution is 7.18. The van der Waals surface area contributed by atoms with Crippen LogP contribution in [0.25, 0.3) is 33.0 Å². The van der Waals surface area contributed by atoms with Crippen LogP contribution in [0.4, 0.5) is 32.8 Å². The quantitative estimate of drug-likeness (QED) is 0.231. The summed E-state index contributed by atoms with van der Waals surface area (Å²) in [6.45, 7) is 0. The number of nitrogens with one attached hydrogen (secondary N) is 1. The standard InChI is InChI=1S/C25H16F5N5OS/c26-15-6-4-13(5-7-15)22-31-20-12-19(18(27)11-21(20)35(22)16-8-9-16)32-24-34-33-23(37-24)14-2-1-3-17(10-14)36-25(28,29)30/h1-7,10-12,16H,8-9H2,(H,32,34). The third-order valence-corrected chi connectivity index (χ3v) is 6.66. The van der Waals surface area contributed by atoms with Crippen LogP contribution in [-0.2, 0) is 0 Å². The molecule has 1 saturated carbocycles. The van der Waals surface area contributed by atoms with E-state index in [1.165, 1.54) is 36.4 Å². The van der Waals surface area contributed by atoms with Crippen molar-refractivity contribution in [3.63, 3.8) is 0 Å². The molecule has 2 aromatic heterocycles. The summed E-state index contributed by atoms with van der Waals surface area (Å²) in [4.78, 5) is 4.70. The van der Waals surface area contributed by atoms with Crippen molar-refractivity contribution in [2.45, 2.75) is 25.2 Å². The molecule has 0 aliphatic heterocycles. The van der Waals surface area contributed by atoms with E-state index in [0.717, 1.165) is 29.7 Å². The number of rotatable bonds is 6. The molecule has 6 rings (SSSR count). The van der Waals surface area contributed by atoms with Gasteiger partial charge in [-0.05, 0) is 55.3 Å². The first-order valence-electron chi connectivity index (χ1n) is 11.2. The third-order valence-electron chi connectivity index (χ3n) is 5.77. The van der Waals surface area contributed by atoms with Crippen molar-refractivity contribution in [2.24, 2.45) is 0 Å². The normalized spacial score (nSPS) is 13.8. The molecule has 3 aromatic carbocycles. The summed E-state index contributed by atoms with van der Waals surface area (Å²) < 4.78 is 72.2. The van der Waals surface area contributed by atoms with Crippen LogP contribution in [0.1, 0.15) is 18.9 Å². The Morgan fingerprint density at radius 2 is 1.73 bits per heavy atom. The van der Waals surface area contributed by atoms with E-state index in [0.29, 0.717) is 27.4 Å². The second-order valence-corrected chi connectivity index (χ2v) is 9.45. The molecule has 0 bridgehead atoms. The van der Waals surface area contributed by atoms with Crippen molar-refractivity contribution < 1.29 is 26.7 Å². The lowest BCUT2D eigenvalue weighted by Gasteiger charge is -2.09. The molecule has 6 nitrogen and oxygen atoms in total. The Bertz CT molecular complexity index is 1610. The maximum atomic E-state index is 15.2. The molecule has 1 aliphatic carbocycles. The number of benzene rings is 3. The number of imidazole rings is 1. The molecule has 1 fully saturated rings. The monoisotopic (exact) mass is 529 g/mol. The van der Waals surface area contributed by atoms with Gasteiger partial charge in [-0.15, -0.1) is 23.4 Å². The van der Waals surface area contributed by atoms with E-state index in [4.69, 9.17) is 4.98 Å². The summed E-state index contributed by atoms with van der Waals surface area (Å²) in [7, 11) is 0. The number of halogens is 5. The van der Waals surface area contributed by atoms with Crippen LogP contribution in [0.15, 0.2) is 60.7 Å². The summed E-state index contributed by atoms with van der Waals surface area (Å²) in [6.07, 6.45) is -2.92. The Morgan fingerprint density at radius 3 is 2.46 bits per heavy atom. The Morgan fingerprint density at radius 1 is 0.946 bits per heavy atom. The molecule has 1 aliphatic rings. The molecule has 0 unspecified atom stereocenters. The lowest BCUT2D eigenvalue weighted by Crippen LogP contribution is -2.17. The van der Waals surface area contributed by atoms with Crippen molar-refractivity contribution in [1.82, 2.24) is 19.7 Å². The molecule has 188 valence electrons. The van der Waals surface area contributed by atoms with Gasteiger partial charge in [0.15, 0.2) is 0 Å². The Labute approximate surface area is 210 Å². The molecular formula is C25H16F5N5OS. The van der Waals surface area contributed by atoms with Gasteiger partial charge in [0.25, 0.3) is 0 Å². The molecule has 0 saturated heterocycles. The van der Waals surface area contributed by atoms with Crippen LogP contribution in [-0.4, -0.2) is 26.1 Å². The minimum Gasteiger partial charge on any atom is -0.406 e. The molecule has 0 amide bonds. The van der Waals surface area contributed by atoms with Gasteiger partial charge < -0.3 is 14.6 Å². The van der Waals surface area contributed by atoms with Crippen LogP contribution in [0.3, 0.4) is 0 Å². The molecule has 2 heterocycles. The highest BCUT2D eigenvalue weighted by Crippen LogP contribution is 2.42. The fourth-order valence-electron chi connectivity index (χ4n) is 4.05. The zero-order chi connectivity index (χ0) is 25.7. The lowest BCUT2D eigenvalue weighted by molar-refractivity contribution is -0.274. The van der Waals surface area contributed by atoms with Crippen molar-refractivity contribution in [1.29, 1.82) is 0 Å². The molecule has 0 atom stereocenters. The van der Waals surface area contributed by atoms with Crippen LogP contribution in [0.5, 0.6) is 5.75 Å². The number of nitrogens with zero attached hydrogens (tertiary/aromatic N) is 4. The van der Waals surface area contributed by atoms with Gasteiger partial charge in [0.1, 0.15) is 28.2 Å². The van der Waals surface area contributed by atoms with Gasteiger partial charge in [-0.1, -0.05) is 23.5 Å². The smallest absolute Gasteiger partial charge is 0.406 e. The van der Waals surface area contributed by atoms with Crippen molar-refractivity contribution >= 4 is 33.2 Å². The van der Waals surface area contributed by atoms with Gasteiger partial charge >= 0.3 is 6.36 Å². The Balaban J connectivity index is 1.31. The maximum Gasteiger partial charge on any atom is 0.573 e. The number of hydrogen-bond acceptors (Lipinski definition) is 6. The molecular weight excluding hydrogens is 513 g/mol. The molecule has 5 aromatic rings. The first-order valence-corrected chi connectivity index (χ1v) is 12.0. The summed E-state index contributed by atoms with van der Waals surface area (Å²) in [5, 5.41) is 11.5. The van der Waals surface area contributed by atoms with Gasteiger partial charge in [-0.3, -0.25) is 0 Å². The first kappa shape index (κ1) is 23.3. The van der Waals surface area contributed by atoms with Gasteiger partial charge in [-0.2, -0.15) is 0 Å². The van der Waals surface area contributed by atoms with E-state index in [9.17, 15) is 17.6 Å². The molecule has 12 heteroatoms. The number of anilines is 2. The molecule has 1 N–H and O–H groups in total. The van der Waals surface area contributed by atoms with Crippen LogP contribution >= 0.6 is 11.3 Å². The maximum absolute atomic E-state index is 15.2. The van der Waals surface area contributed by atoms with E-state index in [2.05, 4.69) is 20.3 Å². The van der Waals surface area contributed by atoms with Gasteiger partial charge in [0, 0.05) is 23.2 Å². The minimum absolute atomic E-state index is 0.121. The first-order chi connectivity index (χ1) is 17.7. The van der Waals surface area contributed by atoms with E-state index in [1.807, 2.05) is 4.57 Å². The predicted octanol–water partition coefficient (Wildman–Crippen LogP) is 7.48. The number of ether oxygens (including phenoxy) is 1. The average Bonchev–Trinajstić information content (AvgIpc) is 3.46. The van der Waals surface area contributed by atoms with E-state index in [1.54, 1.807) is 24.3 Å². The highest BCUT2D eigenvalue weighted by atomic mass is 32.1. The largest absolute Gasteiger partial charge is 0.573 e. The number of hydrogen-bond donors (Lipinski definition) is 1. The number of aromatic nitrogens is 4. The molecule has 0 spiro atoms. The zero-order valence-corrected chi connectivity index (χ0v) is 19.6. The van der Waals surface area contributed by atoms with Gasteiger partial charge in [0.2, 0.25) is 5.13 Å². The van der Waals surface area contributed by atoms with Crippen molar-refractivity contribution in [3.8, 4) is 27.7 Å². The second-order valence-electron chi connectivity index (χ2n) is 8.48. The van der Waals surface area contributed by atoms with Crippen LogP contribution < -0.4 is 10.1 Å². The Hall–Kier alpha value is -4.06. The predicted molar refractivity (Wildman–Crippen MR) is 129 cm³/mol. The highest BCUT2D eigenvalue weighted by Gasteiger charge is 2.31. The lowest BCUT2D eigenvalue weighted by atomic mass is 10.2. The van der Waals surface area contributed by atoms with E-state index >= 15 is 4.39 Å². The summed E-state index contributed by atoms with van der Waals surface area (Å²) >= 11 is 1.05. The summed E-state index contributed by atoms with van der Waals surface area (Å²) in [5.41, 5.74) is 2.40. The second kappa shape index (κ2) is 8.80. The van der Waals surface area contributed by atoms with Crippen LogP contribution in [0, 0.1) is 11.6 Å². The van der Waals surface area contributed by atoms with E-state index < -0.39 is 12.2 Å². The Kier molecular flexibility index (Phi) is 5.55. The zero-order valence-electron chi connectivity index (χ0n) is 18.8. The average molecular weight is 529 g/mol. The molecule has 0 radical (unpaired) electrons. The summed E-state index contributed by atoms with van der Waals surface area (Å²) in [6, 6.07) is 14.5.